The molecule has 0 saturated carbocycles. The Balaban J connectivity index is 1.93. The minimum Gasteiger partial charge on any atom is -0.497 e. The van der Waals surface area contributed by atoms with Crippen molar-refractivity contribution in [2.45, 2.75) is 6.54 Å². The minimum absolute atomic E-state index is 0.0214. The summed E-state index contributed by atoms with van der Waals surface area (Å²) in [7, 11) is 1.60. The Bertz CT molecular complexity index is 748. The van der Waals surface area contributed by atoms with Crippen molar-refractivity contribution in [2.75, 3.05) is 33.3 Å². The normalized spacial score (nSPS) is 15.0. The van der Waals surface area contributed by atoms with E-state index < -0.39 is 0 Å². The summed E-state index contributed by atoms with van der Waals surface area (Å²) in [6.07, 6.45) is 0. The van der Waals surface area contributed by atoms with Gasteiger partial charge in [0.15, 0.2) is 0 Å². The molecule has 22 heavy (non-hydrogen) atoms. The van der Waals surface area contributed by atoms with Crippen LogP contribution in [0.2, 0.25) is 0 Å². The fourth-order valence-corrected chi connectivity index (χ4v) is 2.72. The first-order valence-electron chi connectivity index (χ1n) is 7.35. The van der Waals surface area contributed by atoms with Gasteiger partial charge in [-0.05, 0) is 24.3 Å². The molecule has 1 fully saturated rings. The second-order valence-electron chi connectivity index (χ2n) is 5.31. The quantitative estimate of drug-likeness (QED) is 0.893. The van der Waals surface area contributed by atoms with Crippen molar-refractivity contribution in [2.24, 2.45) is 0 Å². The SMILES string of the molecule is COc1ccc2c(ccc(=O)n2CC(=O)N2CCNCC2)c1. The summed E-state index contributed by atoms with van der Waals surface area (Å²) < 4.78 is 6.73. The zero-order valence-electron chi connectivity index (χ0n) is 12.5. The largest absolute Gasteiger partial charge is 0.497 e. The molecular formula is C16H19N3O3. The maximum atomic E-state index is 12.4. The molecule has 0 spiro atoms. The van der Waals surface area contributed by atoms with Crippen molar-refractivity contribution >= 4 is 16.8 Å². The van der Waals surface area contributed by atoms with E-state index in [1.165, 1.54) is 10.6 Å². The van der Waals surface area contributed by atoms with Gasteiger partial charge in [0.2, 0.25) is 5.91 Å². The van der Waals surface area contributed by atoms with E-state index in [0.29, 0.717) is 13.1 Å². The second kappa shape index (κ2) is 6.19. The van der Waals surface area contributed by atoms with Crippen LogP contribution in [0.3, 0.4) is 0 Å². The van der Waals surface area contributed by atoms with Crippen molar-refractivity contribution in [1.82, 2.24) is 14.8 Å². The Kier molecular flexibility index (Phi) is 4.11. The van der Waals surface area contributed by atoms with Gasteiger partial charge in [0.1, 0.15) is 12.3 Å². The molecule has 1 saturated heterocycles. The number of aromatic nitrogens is 1. The molecule has 2 heterocycles. The lowest BCUT2D eigenvalue weighted by molar-refractivity contribution is -0.132. The third-order valence-electron chi connectivity index (χ3n) is 3.96. The highest BCUT2D eigenvalue weighted by Crippen LogP contribution is 2.19. The number of nitrogens with one attached hydrogen (secondary N) is 1. The number of carbonyl (C=O) groups is 1. The monoisotopic (exact) mass is 301 g/mol. The number of pyridine rings is 1. The predicted octanol–water partition coefficient (Wildman–Crippen LogP) is 0.442. The number of carbonyl (C=O) groups excluding carboxylic acids is 1. The zero-order chi connectivity index (χ0) is 15.5. The molecule has 0 radical (unpaired) electrons. The first-order valence-corrected chi connectivity index (χ1v) is 7.35. The molecule has 1 N–H and O–H groups in total. The lowest BCUT2D eigenvalue weighted by Crippen LogP contribution is -2.48. The topological polar surface area (TPSA) is 63.6 Å². The number of piperazine rings is 1. The highest BCUT2D eigenvalue weighted by molar-refractivity contribution is 5.83. The smallest absolute Gasteiger partial charge is 0.251 e. The Morgan fingerprint density at radius 2 is 2.00 bits per heavy atom. The number of benzene rings is 1. The van der Waals surface area contributed by atoms with Crippen molar-refractivity contribution in [3.05, 3.63) is 40.7 Å². The number of rotatable bonds is 3. The van der Waals surface area contributed by atoms with Gasteiger partial charge < -0.3 is 15.0 Å². The Labute approximate surface area is 128 Å². The van der Waals surface area contributed by atoms with Gasteiger partial charge in [-0.15, -0.1) is 0 Å². The summed E-state index contributed by atoms with van der Waals surface area (Å²) in [6.45, 7) is 3.04. The van der Waals surface area contributed by atoms with Crippen LogP contribution in [0.1, 0.15) is 0 Å². The van der Waals surface area contributed by atoms with Crippen LogP contribution in [0.25, 0.3) is 10.9 Å². The first kappa shape index (κ1) is 14.6. The predicted molar refractivity (Wildman–Crippen MR) is 84.2 cm³/mol. The van der Waals surface area contributed by atoms with Gasteiger partial charge in [-0.2, -0.15) is 0 Å². The first-order chi connectivity index (χ1) is 10.7. The van der Waals surface area contributed by atoms with E-state index in [0.717, 1.165) is 29.7 Å². The highest BCUT2D eigenvalue weighted by atomic mass is 16.5. The van der Waals surface area contributed by atoms with Crippen molar-refractivity contribution in [1.29, 1.82) is 0 Å². The number of amides is 1. The summed E-state index contributed by atoms with van der Waals surface area (Å²) in [4.78, 5) is 26.4. The van der Waals surface area contributed by atoms with E-state index in [1.807, 2.05) is 12.1 Å². The third-order valence-corrected chi connectivity index (χ3v) is 3.96. The maximum Gasteiger partial charge on any atom is 0.251 e. The maximum absolute atomic E-state index is 12.4. The summed E-state index contributed by atoms with van der Waals surface area (Å²) in [5.74, 6) is 0.707. The van der Waals surface area contributed by atoms with E-state index in [4.69, 9.17) is 4.74 Å². The number of methoxy groups -OCH3 is 1. The van der Waals surface area contributed by atoms with E-state index in [2.05, 4.69) is 5.32 Å². The Morgan fingerprint density at radius 1 is 1.23 bits per heavy atom. The summed E-state index contributed by atoms with van der Waals surface area (Å²) in [5, 5.41) is 4.09. The fourth-order valence-electron chi connectivity index (χ4n) is 2.72. The summed E-state index contributed by atoms with van der Waals surface area (Å²) >= 11 is 0. The van der Waals surface area contributed by atoms with Gasteiger partial charge in [0.05, 0.1) is 12.6 Å². The van der Waals surface area contributed by atoms with E-state index in [-0.39, 0.29) is 18.0 Å². The van der Waals surface area contributed by atoms with Crippen LogP contribution in [0.5, 0.6) is 5.75 Å². The van der Waals surface area contributed by atoms with Crippen LogP contribution in [0.15, 0.2) is 35.1 Å². The average molecular weight is 301 g/mol. The molecule has 1 amide bonds. The molecule has 1 aliphatic heterocycles. The molecule has 1 aliphatic rings. The van der Waals surface area contributed by atoms with Gasteiger partial charge in [-0.3, -0.25) is 14.2 Å². The molecule has 1 aromatic carbocycles. The number of fused-ring (bicyclic) bond motifs is 1. The lowest BCUT2D eigenvalue weighted by atomic mass is 10.2. The number of nitrogens with zero attached hydrogens (tertiary/aromatic N) is 2. The molecule has 0 aliphatic carbocycles. The van der Waals surface area contributed by atoms with E-state index >= 15 is 0 Å². The molecule has 2 aromatic rings. The molecule has 0 atom stereocenters. The zero-order valence-corrected chi connectivity index (χ0v) is 12.5. The van der Waals surface area contributed by atoms with Gasteiger partial charge in [-0.1, -0.05) is 0 Å². The molecule has 116 valence electrons. The van der Waals surface area contributed by atoms with Gasteiger partial charge in [0, 0.05) is 37.6 Å². The number of hydrogen-bond donors (Lipinski definition) is 1. The van der Waals surface area contributed by atoms with Crippen LogP contribution < -0.4 is 15.6 Å². The van der Waals surface area contributed by atoms with Gasteiger partial charge in [0.25, 0.3) is 5.56 Å². The van der Waals surface area contributed by atoms with Crippen LogP contribution in [-0.4, -0.2) is 48.7 Å². The summed E-state index contributed by atoms with van der Waals surface area (Å²) in [5.41, 5.74) is 0.581. The number of ether oxygens (including phenoxy) is 1. The second-order valence-corrected chi connectivity index (χ2v) is 5.31. The lowest BCUT2D eigenvalue weighted by Gasteiger charge is -2.27. The average Bonchev–Trinajstić information content (AvgIpc) is 2.57. The standard InChI is InChI=1S/C16H19N3O3/c1-22-13-3-4-14-12(10-13)2-5-15(20)19(14)11-16(21)18-8-6-17-7-9-18/h2-5,10,17H,6-9,11H2,1H3. The van der Waals surface area contributed by atoms with Crippen LogP contribution >= 0.6 is 0 Å². The fraction of sp³-hybridized carbons (Fsp3) is 0.375. The molecule has 1 aromatic heterocycles. The Morgan fingerprint density at radius 3 is 2.73 bits per heavy atom. The van der Waals surface area contributed by atoms with E-state index in [9.17, 15) is 9.59 Å². The van der Waals surface area contributed by atoms with E-state index in [1.54, 1.807) is 24.1 Å². The van der Waals surface area contributed by atoms with Crippen molar-refractivity contribution in [3.8, 4) is 5.75 Å². The van der Waals surface area contributed by atoms with Crippen LogP contribution in [-0.2, 0) is 11.3 Å². The van der Waals surface area contributed by atoms with Crippen LogP contribution in [0.4, 0.5) is 0 Å². The van der Waals surface area contributed by atoms with Crippen molar-refractivity contribution < 1.29 is 9.53 Å². The van der Waals surface area contributed by atoms with Crippen LogP contribution in [0, 0.1) is 0 Å². The summed E-state index contributed by atoms with van der Waals surface area (Å²) in [6, 6.07) is 8.73. The van der Waals surface area contributed by atoms with Gasteiger partial charge in [-0.25, -0.2) is 0 Å². The molecule has 6 heteroatoms. The molecule has 0 bridgehead atoms. The van der Waals surface area contributed by atoms with Crippen molar-refractivity contribution in [3.63, 3.8) is 0 Å². The molecule has 0 unspecified atom stereocenters. The number of hydrogen-bond acceptors (Lipinski definition) is 4. The molecule has 6 nitrogen and oxygen atoms in total. The minimum atomic E-state index is -0.166. The van der Waals surface area contributed by atoms with Gasteiger partial charge >= 0.3 is 0 Å². The molecular weight excluding hydrogens is 282 g/mol. The molecule has 3 rings (SSSR count). The Hall–Kier alpha value is -2.34. The third kappa shape index (κ3) is 2.82. The highest BCUT2D eigenvalue weighted by Gasteiger charge is 2.17.